The van der Waals surface area contributed by atoms with Crippen LogP contribution in [0, 0.1) is 12.7 Å². The van der Waals surface area contributed by atoms with Crippen molar-refractivity contribution >= 4 is 38.5 Å². The molecule has 0 aliphatic rings. The zero-order valence-corrected chi connectivity index (χ0v) is 13.6. The summed E-state index contributed by atoms with van der Waals surface area (Å²) in [6, 6.07) is 10.5. The molecular formula is C17H11BrFNO3. The van der Waals surface area contributed by atoms with Crippen molar-refractivity contribution in [3.05, 3.63) is 74.3 Å². The Bertz CT molecular complexity index is 981. The first-order valence-corrected chi connectivity index (χ1v) is 7.54. The van der Waals surface area contributed by atoms with Crippen molar-refractivity contribution in [2.75, 3.05) is 5.32 Å². The number of nitrogens with one attached hydrogen (secondary N) is 1. The molecule has 116 valence electrons. The van der Waals surface area contributed by atoms with E-state index >= 15 is 0 Å². The van der Waals surface area contributed by atoms with E-state index in [1.165, 1.54) is 18.2 Å². The lowest BCUT2D eigenvalue weighted by atomic mass is 10.1. The summed E-state index contributed by atoms with van der Waals surface area (Å²) < 4.78 is 19.5. The summed E-state index contributed by atoms with van der Waals surface area (Å²) in [4.78, 5) is 23.6. The Morgan fingerprint density at radius 3 is 2.70 bits per heavy atom. The molecule has 4 nitrogen and oxygen atoms in total. The van der Waals surface area contributed by atoms with Gasteiger partial charge in [0.15, 0.2) is 0 Å². The van der Waals surface area contributed by atoms with Crippen LogP contribution < -0.4 is 10.9 Å². The van der Waals surface area contributed by atoms with Crippen LogP contribution >= 0.6 is 15.9 Å². The molecule has 1 aromatic heterocycles. The molecule has 2 aromatic carbocycles. The van der Waals surface area contributed by atoms with Gasteiger partial charge in [-0.25, -0.2) is 9.18 Å². The molecule has 0 saturated heterocycles. The second kappa shape index (κ2) is 5.96. The fourth-order valence-electron chi connectivity index (χ4n) is 2.27. The summed E-state index contributed by atoms with van der Waals surface area (Å²) in [5.74, 6) is -1.20. The van der Waals surface area contributed by atoms with Crippen molar-refractivity contribution in [3.63, 3.8) is 0 Å². The summed E-state index contributed by atoms with van der Waals surface area (Å²) in [5.41, 5.74) is 1.03. The molecule has 0 radical (unpaired) electrons. The van der Waals surface area contributed by atoms with E-state index in [0.29, 0.717) is 15.7 Å². The third-order valence-electron chi connectivity index (χ3n) is 3.38. The van der Waals surface area contributed by atoms with E-state index in [9.17, 15) is 14.0 Å². The lowest BCUT2D eigenvalue weighted by Gasteiger charge is -2.08. The number of amides is 1. The molecule has 0 aliphatic heterocycles. The van der Waals surface area contributed by atoms with Gasteiger partial charge in [-0.3, -0.25) is 4.79 Å². The van der Waals surface area contributed by atoms with Gasteiger partial charge in [0, 0.05) is 27.7 Å². The maximum absolute atomic E-state index is 13.8. The predicted octanol–water partition coefficient (Wildman–Crippen LogP) is 4.26. The molecule has 0 saturated carbocycles. The van der Waals surface area contributed by atoms with Crippen LogP contribution in [0.5, 0.6) is 0 Å². The van der Waals surface area contributed by atoms with Crippen molar-refractivity contribution in [2.45, 2.75) is 6.92 Å². The van der Waals surface area contributed by atoms with Crippen LogP contribution in [0.25, 0.3) is 11.0 Å². The number of hydrogen-bond acceptors (Lipinski definition) is 3. The number of benzene rings is 2. The molecular weight excluding hydrogens is 365 g/mol. The zero-order chi connectivity index (χ0) is 16.6. The van der Waals surface area contributed by atoms with E-state index in [1.54, 1.807) is 31.2 Å². The first kappa shape index (κ1) is 15.4. The molecule has 0 unspecified atom stereocenters. The minimum absolute atomic E-state index is 0.0704. The van der Waals surface area contributed by atoms with Gasteiger partial charge < -0.3 is 9.73 Å². The number of rotatable bonds is 2. The molecule has 1 N–H and O–H groups in total. The molecule has 6 heteroatoms. The van der Waals surface area contributed by atoms with Gasteiger partial charge in [-0.05, 0) is 42.8 Å². The molecule has 3 rings (SSSR count). The monoisotopic (exact) mass is 375 g/mol. The van der Waals surface area contributed by atoms with Crippen LogP contribution in [0.4, 0.5) is 10.1 Å². The molecule has 0 fully saturated rings. The minimum atomic E-state index is -0.625. The second-order valence-electron chi connectivity index (χ2n) is 5.04. The normalized spacial score (nSPS) is 10.7. The topological polar surface area (TPSA) is 59.3 Å². The van der Waals surface area contributed by atoms with Crippen LogP contribution in [0.1, 0.15) is 15.9 Å². The number of halogens is 2. The van der Waals surface area contributed by atoms with E-state index in [0.717, 1.165) is 10.9 Å². The fourth-order valence-corrected chi connectivity index (χ4v) is 2.61. The van der Waals surface area contributed by atoms with Gasteiger partial charge >= 0.3 is 5.63 Å². The molecule has 0 aliphatic carbocycles. The summed E-state index contributed by atoms with van der Waals surface area (Å²) >= 11 is 3.14. The van der Waals surface area contributed by atoms with Gasteiger partial charge in [-0.2, -0.15) is 0 Å². The Balaban J connectivity index is 1.95. The van der Waals surface area contributed by atoms with Gasteiger partial charge in [-0.15, -0.1) is 0 Å². The Morgan fingerprint density at radius 1 is 1.17 bits per heavy atom. The van der Waals surface area contributed by atoms with Crippen LogP contribution in [0.3, 0.4) is 0 Å². The molecule has 0 spiro atoms. The predicted molar refractivity (Wildman–Crippen MR) is 89.3 cm³/mol. The lowest BCUT2D eigenvalue weighted by Crippen LogP contribution is -2.13. The van der Waals surface area contributed by atoms with Gasteiger partial charge in [0.25, 0.3) is 5.91 Å². The summed E-state index contributed by atoms with van der Waals surface area (Å²) in [6.45, 7) is 1.80. The van der Waals surface area contributed by atoms with E-state index in [1.807, 2.05) is 0 Å². The summed E-state index contributed by atoms with van der Waals surface area (Å²) in [5, 5.41) is 3.37. The Morgan fingerprint density at radius 2 is 1.96 bits per heavy atom. The standard InChI is InChI=1S/C17H11BrFNO3/c1-9-6-16(21)23-15-8-11(3-5-12(9)15)20-17(22)13-4-2-10(18)7-14(13)19/h2-8H,1H3,(H,20,22). The first-order valence-electron chi connectivity index (χ1n) is 6.75. The Kier molecular flexibility index (Phi) is 4.00. The number of carbonyl (C=O) groups excluding carboxylic acids is 1. The van der Waals surface area contributed by atoms with Crippen molar-refractivity contribution < 1.29 is 13.6 Å². The van der Waals surface area contributed by atoms with E-state index < -0.39 is 17.3 Å². The van der Waals surface area contributed by atoms with E-state index in [2.05, 4.69) is 21.2 Å². The van der Waals surface area contributed by atoms with Gasteiger partial charge in [0.1, 0.15) is 11.4 Å². The number of carbonyl (C=O) groups is 1. The van der Waals surface area contributed by atoms with Crippen molar-refractivity contribution in [1.29, 1.82) is 0 Å². The summed E-state index contributed by atoms with van der Waals surface area (Å²) in [7, 11) is 0. The molecule has 23 heavy (non-hydrogen) atoms. The molecule has 0 bridgehead atoms. The highest BCUT2D eigenvalue weighted by molar-refractivity contribution is 9.10. The molecule has 3 aromatic rings. The highest BCUT2D eigenvalue weighted by Crippen LogP contribution is 2.22. The number of aryl methyl sites for hydroxylation is 1. The average Bonchev–Trinajstić information content (AvgIpc) is 2.46. The highest BCUT2D eigenvalue weighted by Gasteiger charge is 2.13. The minimum Gasteiger partial charge on any atom is -0.423 e. The fraction of sp³-hybridized carbons (Fsp3) is 0.0588. The van der Waals surface area contributed by atoms with Crippen LogP contribution in [0.2, 0.25) is 0 Å². The zero-order valence-electron chi connectivity index (χ0n) is 12.0. The van der Waals surface area contributed by atoms with Crippen molar-refractivity contribution in [3.8, 4) is 0 Å². The Hall–Kier alpha value is -2.47. The van der Waals surface area contributed by atoms with Crippen LogP contribution in [-0.4, -0.2) is 5.91 Å². The molecule has 1 amide bonds. The highest BCUT2D eigenvalue weighted by atomic mass is 79.9. The van der Waals surface area contributed by atoms with Crippen molar-refractivity contribution in [1.82, 2.24) is 0 Å². The second-order valence-corrected chi connectivity index (χ2v) is 5.95. The Labute approximate surface area is 139 Å². The third kappa shape index (κ3) is 3.17. The van der Waals surface area contributed by atoms with Crippen molar-refractivity contribution in [2.24, 2.45) is 0 Å². The maximum atomic E-state index is 13.8. The third-order valence-corrected chi connectivity index (χ3v) is 3.88. The van der Waals surface area contributed by atoms with Gasteiger partial charge in [0.05, 0.1) is 5.56 Å². The van der Waals surface area contributed by atoms with Crippen LogP contribution in [0.15, 0.2) is 56.1 Å². The molecule has 1 heterocycles. The van der Waals surface area contributed by atoms with Gasteiger partial charge in [-0.1, -0.05) is 15.9 Å². The van der Waals surface area contributed by atoms with Crippen LogP contribution in [-0.2, 0) is 0 Å². The quantitative estimate of drug-likeness (QED) is 0.680. The smallest absolute Gasteiger partial charge is 0.336 e. The summed E-state index contributed by atoms with van der Waals surface area (Å²) in [6.07, 6.45) is 0. The largest absolute Gasteiger partial charge is 0.423 e. The number of anilines is 1. The number of fused-ring (bicyclic) bond motifs is 1. The SMILES string of the molecule is Cc1cc(=O)oc2cc(NC(=O)c3ccc(Br)cc3F)ccc12. The molecule has 0 atom stereocenters. The van der Waals surface area contributed by atoms with E-state index in [4.69, 9.17) is 4.42 Å². The number of hydrogen-bond donors (Lipinski definition) is 1. The van der Waals surface area contributed by atoms with E-state index in [-0.39, 0.29) is 5.56 Å². The lowest BCUT2D eigenvalue weighted by molar-refractivity contribution is 0.102. The maximum Gasteiger partial charge on any atom is 0.336 e. The van der Waals surface area contributed by atoms with Gasteiger partial charge in [0.2, 0.25) is 0 Å². The average molecular weight is 376 g/mol. The first-order chi connectivity index (χ1) is 10.9.